The first kappa shape index (κ1) is 12.6. The van der Waals surface area contributed by atoms with Gasteiger partial charge in [-0.1, -0.05) is 0 Å². The molecule has 0 radical (unpaired) electrons. The first-order chi connectivity index (χ1) is 7.37. The number of aryl methyl sites for hydroxylation is 1. The summed E-state index contributed by atoms with van der Waals surface area (Å²) in [6.45, 7) is 5.87. The standard InChI is InChI=1S/C11H18N4O/c1-8-13-5-4-9(15-8)7-14-10(16)6-11(2,3)12/h4-5H,6-7,12H2,1-3H3,(H,14,16). The molecule has 0 aliphatic heterocycles. The molecule has 0 aromatic carbocycles. The second-order valence-electron chi connectivity index (χ2n) is 4.54. The number of aromatic nitrogens is 2. The zero-order valence-corrected chi connectivity index (χ0v) is 9.95. The molecule has 0 saturated heterocycles. The lowest BCUT2D eigenvalue weighted by atomic mass is 10.0. The van der Waals surface area contributed by atoms with Crippen LogP contribution in [0, 0.1) is 6.92 Å². The van der Waals surface area contributed by atoms with E-state index >= 15 is 0 Å². The molecule has 5 heteroatoms. The van der Waals surface area contributed by atoms with Crippen LogP contribution >= 0.6 is 0 Å². The van der Waals surface area contributed by atoms with Gasteiger partial charge in [0.2, 0.25) is 5.91 Å². The van der Waals surface area contributed by atoms with Crippen molar-refractivity contribution in [1.29, 1.82) is 0 Å². The third-order valence-electron chi connectivity index (χ3n) is 1.92. The summed E-state index contributed by atoms with van der Waals surface area (Å²) < 4.78 is 0. The van der Waals surface area contributed by atoms with Crippen molar-refractivity contribution < 1.29 is 4.79 Å². The normalized spacial score (nSPS) is 11.2. The van der Waals surface area contributed by atoms with Crippen molar-refractivity contribution in [2.75, 3.05) is 0 Å². The molecule has 1 aromatic heterocycles. The topological polar surface area (TPSA) is 80.9 Å². The van der Waals surface area contributed by atoms with E-state index < -0.39 is 5.54 Å². The lowest BCUT2D eigenvalue weighted by Gasteiger charge is -2.17. The number of carbonyl (C=O) groups is 1. The van der Waals surface area contributed by atoms with E-state index in [2.05, 4.69) is 15.3 Å². The van der Waals surface area contributed by atoms with Crippen LogP contribution in [0.3, 0.4) is 0 Å². The molecule has 3 N–H and O–H groups in total. The van der Waals surface area contributed by atoms with Crippen LogP contribution in [0.25, 0.3) is 0 Å². The van der Waals surface area contributed by atoms with Gasteiger partial charge in [0, 0.05) is 18.2 Å². The van der Waals surface area contributed by atoms with Gasteiger partial charge in [-0.05, 0) is 26.8 Å². The van der Waals surface area contributed by atoms with Crippen LogP contribution in [0.1, 0.15) is 31.8 Å². The van der Waals surface area contributed by atoms with Gasteiger partial charge >= 0.3 is 0 Å². The summed E-state index contributed by atoms with van der Waals surface area (Å²) >= 11 is 0. The fourth-order valence-electron chi connectivity index (χ4n) is 1.27. The molecular weight excluding hydrogens is 204 g/mol. The predicted octanol–water partition coefficient (Wildman–Crippen LogP) is 0.529. The molecule has 0 fully saturated rings. The maximum absolute atomic E-state index is 11.5. The number of nitrogens with one attached hydrogen (secondary N) is 1. The molecule has 0 spiro atoms. The summed E-state index contributed by atoms with van der Waals surface area (Å²) in [6.07, 6.45) is 1.98. The summed E-state index contributed by atoms with van der Waals surface area (Å²) in [4.78, 5) is 19.6. The van der Waals surface area contributed by atoms with Gasteiger partial charge in [0.1, 0.15) is 5.82 Å². The molecule has 0 bridgehead atoms. The third-order valence-corrected chi connectivity index (χ3v) is 1.92. The largest absolute Gasteiger partial charge is 0.350 e. The first-order valence-corrected chi connectivity index (χ1v) is 5.21. The molecule has 0 saturated carbocycles. The average molecular weight is 222 g/mol. The Balaban J connectivity index is 2.43. The summed E-state index contributed by atoms with van der Waals surface area (Å²) in [5.74, 6) is 0.634. The van der Waals surface area contributed by atoms with E-state index in [9.17, 15) is 4.79 Å². The lowest BCUT2D eigenvalue weighted by Crippen LogP contribution is -2.38. The molecule has 16 heavy (non-hydrogen) atoms. The van der Waals surface area contributed by atoms with E-state index in [-0.39, 0.29) is 5.91 Å². The van der Waals surface area contributed by atoms with Gasteiger partial charge in [0.05, 0.1) is 12.2 Å². The van der Waals surface area contributed by atoms with E-state index in [0.29, 0.717) is 18.8 Å². The fraction of sp³-hybridized carbons (Fsp3) is 0.545. The van der Waals surface area contributed by atoms with Gasteiger partial charge in [-0.2, -0.15) is 0 Å². The molecule has 1 rings (SSSR count). The number of amides is 1. The minimum atomic E-state index is -0.480. The Morgan fingerprint density at radius 2 is 2.25 bits per heavy atom. The van der Waals surface area contributed by atoms with Gasteiger partial charge in [0.25, 0.3) is 0 Å². The van der Waals surface area contributed by atoms with E-state index in [4.69, 9.17) is 5.73 Å². The average Bonchev–Trinajstić information content (AvgIpc) is 2.12. The van der Waals surface area contributed by atoms with Crippen molar-refractivity contribution in [3.05, 3.63) is 23.8 Å². The molecule has 5 nitrogen and oxygen atoms in total. The molecule has 1 amide bonds. The first-order valence-electron chi connectivity index (χ1n) is 5.21. The molecule has 88 valence electrons. The van der Waals surface area contributed by atoms with Gasteiger partial charge in [-0.15, -0.1) is 0 Å². The Bertz CT molecular complexity index is 370. The second kappa shape index (κ2) is 5.03. The fourth-order valence-corrected chi connectivity index (χ4v) is 1.27. The molecular formula is C11H18N4O. The second-order valence-corrected chi connectivity index (χ2v) is 4.54. The number of hydrogen-bond acceptors (Lipinski definition) is 4. The maximum atomic E-state index is 11.5. The molecule has 0 aliphatic rings. The highest BCUT2D eigenvalue weighted by atomic mass is 16.1. The molecule has 0 unspecified atom stereocenters. The molecule has 0 aliphatic carbocycles. The minimum Gasteiger partial charge on any atom is -0.350 e. The predicted molar refractivity (Wildman–Crippen MR) is 61.5 cm³/mol. The number of hydrogen-bond donors (Lipinski definition) is 2. The van der Waals surface area contributed by atoms with E-state index in [1.165, 1.54) is 0 Å². The Kier molecular flexibility index (Phi) is 3.95. The van der Waals surface area contributed by atoms with E-state index in [1.807, 2.05) is 20.8 Å². The van der Waals surface area contributed by atoms with Crippen molar-refractivity contribution >= 4 is 5.91 Å². The smallest absolute Gasteiger partial charge is 0.222 e. The highest BCUT2D eigenvalue weighted by Gasteiger charge is 2.15. The van der Waals surface area contributed by atoms with Gasteiger partial charge in [0.15, 0.2) is 0 Å². The summed E-state index contributed by atoms with van der Waals surface area (Å²) in [6, 6.07) is 1.78. The lowest BCUT2D eigenvalue weighted by molar-refractivity contribution is -0.122. The van der Waals surface area contributed by atoms with Gasteiger partial charge in [-0.3, -0.25) is 4.79 Å². The van der Waals surface area contributed by atoms with Gasteiger partial charge < -0.3 is 11.1 Å². The molecule has 0 atom stereocenters. The quantitative estimate of drug-likeness (QED) is 0.778. The van der Waals surface area contributed by atoms with Crippen LogP contribution < -0.4 is 11.1 Å². The Labute approximate surface area is 95.5 Å². The van der Waals surface area contributed by atoms with Crippen LogP contribution in [0.15, 0.2) is 12.3 Å². The van der Waals surface area contributed by atoms with Gasteiger partial charge in [-0.25, -0.2) is 9.97 Å². The monoisotopic (exact) mass is 222 g/mol. The molecule has 1 aromatic rings. The van der Waals surface area contributed by atoms with E-state index in [0.717, 1.165) is 5.69 Å². The van der Waals surface area contributed by atoms with Crippen molar-refractivity contribution in [3.63, 3.8) is 0 Å². The van der Waals surface area contributed by atoms with Crippen LogP contribution in [0.5, 0.6) is 0 Å². The van der Waals surface area contributed by atoms with Crippen LogP contribution in [0.4, 0.5) is 0 Å². The number of nitrogens with zero attached hydrogens (tertiary/aromatic N) is 2. The van der Waals surface area contributed by atoms with Crippen LogP contribution in [0.2, 0.25) is 0 Å². The third kappa shape index (κ3) is 4.84. The molecule has 1 heterocycles. The Morgan fingerprint density at radius 3 is 2.81 bits per heavy atom. The van der Waals surface area contributed by atoms with Crippen molar-refractivity contribution in [2.24, 2.45) is 5.73 Å². The van der Waals surface area contributed by atoms with Crippen LogP contribution in [-0.4, -0.2) is 21.4 Å². The van der Waals surface area contributed by atoms with Crippen molar-refractivity contribution in [3.8, 4) is 0 Å². The summed E-state index contributed by atoms with van der Waals surface area (Å²) in [7, 11) is 0. The Morgan fingerprint density at radius 1 is 1.56 bits per heavy atom. The Hall–Kier alpha value is -1.49. The SMILES string of the molecule is Cc1nccc(CNC(=O)CC(C)(C)N)n1. The highest BCUT2D eigenvalue weighted by molar-refractivity contribution is 5.76. The van der Waals surface area contributed by atoms with Crippen LogP contribution in [-0.2, 0) is 11.3 Å². The highest BCUT2D eigenvalue weighted by Crippen LogP contribution is 2.03. The van der Waals surface area contributed by atoms with Crippen molar-refractivity contribution in [1.82, 2.24) is 15.3 Å². The number of carbonyl (C=O) groups excluding carboxylic acids is 1. The summed E-state index contributed by atoms with van der Waals surface area (Å²) in [5.41, 5.74) is 6.06. The zero-order valence-electron chi connectivity index (χ0n) is 9.95. The number of nitrogens with two attached hydrogens (primary N) is 1. The summed E-state index contributed by atoms with van der Waals surface area (Å²) in [5, 5.41) is 2.77. The van der Waals surface area contributed by atoms with Crippen molar-refractivity contribution in [2.45, 2.75) is 39.3 Å². The van der Waals surface area contributed by atoms with E-state index in [1.54, 1.807) is 12.3 Å². The minimum absolute atomic E-state index is 0.0660. The number of rotatable bonds is 4. The maximum Gasteiger partial charge on any atom is 0.222 e. The zero-order chi connectivity index (χ0) is 12.2.